The van der Waals surface area contributed by atoms with E-state index in [1.807, 2.05) is 6.07 Å². The van der Waals surface area contributed by atoms with E-state index in [9.17, 15) is 14.4 Å². The fraction of sp³-hybridized carbons (Fsp3) is 0.0833. The quantitative estimate of drug-likeness (QED) is 0.378. The summed E-state index contributed by atoms with van der Waals surface area (Å²) >= 11 is 0. The molecule has 0 saturated heterocycles. The summed E-state index contributed by atoms with van der Waals surface area (Å²) in [5.41, 5.74) is 0.642. The van der Waals surface area contributed by atoms with Crippen molar-refractivity contribution in [2.45, 2.75) is 6.10 Å². The van der Waals surface area contributed by atoms with Crippen LogP contribution in [0.3, 0.4) is 0 Å². The number of carbonyl (C=O) groups excluding carboxylic acids is 2. The number of carbonyl (C=O) groups is 2. The number of hydrogen-bond acceptors (Lipinski definition) is 5. The van der Waals surface area contributed by atoms with Crippen LogP contribution < -0.4 is 5.56 Å². The number of nitrogens with zero attached hydrogens (tertiary/aromatic N) is 2. The lowest BCUT2D eigenvalue weighted by atomic mass is 10.00. The van der Waals surface area contributed by atoms with Gasteiger partial charge in [-0.05, 0) is 6.07 Å². The lowest BCUT2D eigenvalue weighted by molar-refractivity contribution is 0.0274. The van der Waals surface area contributed by atoms with Gasteiger partial charge in [0.2, 0.25) is 5.78 Å². The number of ether oxygens (including phenoxy) is 1. The van der Waals surface area contributed by atoms with Crippen molar-refractivity contribution in [1.29, 1.82) is 0 Å². The first-order chi connectivity index (χ1) is 14.6. The molecule has 0 N–H and O–H groups in total. The smallest absolute Gasteiger partial charge is 0.360 e. The van der Waals surface area contributed by atoms with Gasteiger partial charge in [0.1, 0.15) is 0 Å². The van der Waals surface area contributed by atoms with Crippen molar-refractivity contribution in [2.75, 3.05) is 0 Å². The first-order valence-electron chi connectivity index (χ1n) is 9.37. The summed E-state index contributed by atoms with van der Waals surface area (Å²) in [4.78, 5) is 38.6. The maximum absolute atomic E-state index is 13.1. The van der Waals surface area contributed by atoms with Crippen LogP contribution in [0.15, 0.2) is 89.7 Å². The molecule has 30 heavy (non-hydrogen) atoms. The van der Waals surface area contributed by atoms with E-state index in [0.717, 1.165) is 4.68 Å². The highest BCUT2D eigenvalue weighted by Gasteiger charge is 2.28. The lowest BCUT2D eigenvalue weighted by Crippen LogP contribution is -2.26. The summed E-state index contributed by atoms with van der Waals surface area (Å²) in [6.07, 6.45) is -1.14. The molecule has 1 heterocycles. The standard InChI is InChI=1S/C24H18N2O4/c1-26-23(28)19-15-9-8-14-18(19)20(25-26)24(29)30-22(17-12-6-3-7-13-17)21(27)16-10-4-2-5-11-16/h2-15,22H,1H3/t22-/m0/s1. The van der Waals surface area contributed by atoms with Gasteiger partial charge in [0, 0.05) is 23.6 Å². The van der Waals surface area contributed by atoms with E-state index in [1.54, 1.807) is 78.9 Å². The Kier molecular flexibility index (Phi) is 5.22. The number of hydrogen-bond donors (Lipinski definition) is 0. The van der Waals surface area contributed by atoms with E-state index in [0.29, 0.717) is 21.9 Å². The average Bonchev–Trinajstić information content (AvgIpc) is 2.80. The summed E-state index contributed by atoms with van der Waals surface area (Å²) in [5, 5.41) is 4.83. The Balaban J connectivity index is 1.77. The molecule has 0 bridgehead atoms. The monoisotopic (exact) mass is 398 g/mol. The molecular weight excluding hydrogens is 380 g/mol. The van der Waals surface area contributed by atoms with Gasteiger partial charge in [0.25, 0.3) is 5.56 Å². The Morgan fingerprint density at radius 3 is 2.07 bits per heavy atom. The fourth-order valence-electron chi connectivity index (χ4n) is 3.27. The van der Waals surface area contributed by atoms with Crippen molar-refractivity contribution in [2.24, 2.45) is 7.05 Å². The van der Waals surface area contributed by atoms with Crippen LogP contribution in [-0.4, -0.2) is 21.5 Å². The van der Waals surface area contributed by atoms with E-state index in [4.69, 9.17) is 4.74 Å². The zero-order valence-corrected chi connectivity index (χ0v) is 16.2. The lowest BCUT2D eigenvalue weighted by Gasteiger charge is -2.18. The molecule has 1 atom stereocenters. The molecule has 3 aromatic carbocycles. The predicted molar refractivity (Wildman–Crippen MR) is 112 cm³/mol. The van der Waals surface area contributed by atoms with Gasteiger partial charge in [-0.1, -0.05) is 78.9 Å². The largest absolute Gasteiger partial charge is 0.444 e. The van der Waals surface area contributed by atoms with Gasteiger partial charge in [0.15, 0.2) is 11.8 Å². The molecule has 6 heteroatoms. The number of aromatic nitrogens is 2. The molecule has 4 rings (SSSR count). The SMILES string of the molecule is Cn1nc(C(=O)O[C@H](C(=O)c2ccccc2)c2ccccc2)c2ccccc2c1=O. The second-order valence-corrected chi connectivity index (χ2v) is 6.75. The number of ketones is 1. The van der Waals surface area contributed by atoms with Gasteiger partial charge < -0.3 is 4.74 Å². The van der Waals surface area contributed by atoms with Crippen LogP contribution in [0, 0.1) is 0 Å². The summed E-state index contributed by atoms with van der Waals surface area (Å²) in [6.45, 7) is 0. The first-order valence-corrected chi connectivity index (χ1v) is 9.37. The Bertz CT molecular complexity index is 1280. The van der Waals surface area contributed by atoms with E-state index < -0.39 is 12.1 Å². The minimum absolute atomic E-state index is 0.0190. The third-order valence-electron chi connectivity index (χ3n) is 4.77. The van der Waals surface area contributed by atoms with Gasteiger partial charge in [-0.25, -0.2) is 9.48 Å². The second-order valence-electron chi connectivity index (χ2n) is 6.75. The number of aryl methyl sites for hydroxylation is 1. The summed E-state index contributed by atoms with van der Waals surface area (Å²) in [6, 6.07) is 24.2. The topological polar surface area (TPSA) is 78.3 Å². The Morgan fingerprint density at radius 1 is 0.833 bits per heavy atom. The fourth-order valence-corrected chi connectivity index (χ4v) is 3.27. The molecule has 148 valence electrons. The summed E-state index contributed by atoms with van der Waals surface area (Å²) in [7, 11) is 1.47. The Hall–Kier alpha value is -4.06. The van der Waals surface area contributed by atoms with Crippen LogP contribution in [0.5, 0.6) is 0 Å². The van der Waals surface area contributed by atoms with Crippen molar-refractivity contribution in [3.8, 4) is 0 Å². The number of benzene rings is 3. The molecule has 0 amide bonds. The molecule has 0 aliphatic rings. The highest BCUT2D eigenvalue weighted by molar-refractivity contribution is 6.05. The van der Waals surface area contributed by atoms with Gasteiger partial charge in [0.05, 0.1) is 5.39 Å². The van der Waals surface area contributed by atoms with Crippen LogP contribution >= 0.6 is 0 Å². The highest BCUT2D eigenvalue weighted by Crippen LogP contribution is 2.25. The van der Waals surface area contributed by atoms with Crippen molar-refractivity contribution in [1.82, 2.24) is 9.78 Å². The number of fused-ring (bicyclic) bond motifs is 1. The molecule has 0 radical (unpaired) electrons. The average molecular weight is 398 g/mol. The molecular formula is C24H18N2O4. The second kappa shape index (κ2) is 8.13. The molecule has 0 aliphatic carbocycles. The molecule has 4 aromatic rings. The maximum atomic E-state index is 13.1. The zero-order chi connectivity index (χ0) is 21.1. The van der Waals surface area contributed by atoms with Crippen molar-refractivity contribution in [3.63, 3.8) is 0 Å². The zero-order valence-electron chi connectivity index (χ0n) is 16.2. The van der Waals surface area contributed by atoms with E-state index in [1.165, 1.54) is 7.05 Å². The molecule has 0 saturated carbocycles. The molecule has 6 nitrogen and oxygen atoms in total. The summed E-state index contributed by atoms with van der Waals surface area (Å²) < 4.78 is 6.77. The Morgan fingerprint density at radius 2 is 1.40 bits per heavy atom. The molecule has 1 aromatic heterocycles. The highest BCUT2D eigenvalue weighted by atomic mass is 16.5. The van der Waals surface area contributed by atoms with E-state index in [2.05, 4.69) is 5.10 Å². The third-order valence-corrected chi connectivity index (χ3v) is 4.77. The van der Waals surface area contributed by atoms with E-state index >= 15 is 0 Å². The van der Waals surface area contributed by atoms with Gasteiger partial charge in [-0.2, -0.15) is 5.10 Å². The molecule has 0 spiro atoms. The minimum Gasteiger partial charge on any atom is -0.444 e. The van der Waals surface area contributed by atoms with E-state index in [-0.39, 0.29) is 17.0 Å². The predicted octanol–water partition coefficient (Wildman–Crippen LogP) is 3.71. The number of rotatable bonds is 5. The van der Waals surface area contributed by atoms with Gasteiger partial charge in [-0.15, -0.1) is 0 Å². The minimum atomic E-state index is -1.14. The molecule has 0 aliphatic heterocycles. The Labute approximate surface area is 172 Å². The van der Waals surface area contributed by atoms with Crippen molar-refractivity contribution >= 4 is 22.5 Å². The maximum Gasteiger partial charge on any atom is 0.360 e. The third kappa shape index (κ3) is 3.63. The van der Waals surface area contributed by atoms with Crippen LogP contribution in [0.1, 0.15) is 32.5 Å². The van der Waals surface area contributed by atoms with Crippen LogP contribution in [0.4, 0.5) is 0 Å². The normalized spacial score (nSPS) is 11.8. The van der Waals surface area contributed by atoms with Crippen LogP contribution in [0.2, 0.25) is 0 Å². The number of Topliss-reactive ketones (excluding diaryl/α,β-unsaturated/α-hetero) is 1. The van der Waals surface area contributed by atoms with Crippen LogP contribution in [-0.2, 0) is 11.8 Å². The molecule has 0 fully saturated rings. The summed E-state index contributed by atoms with van der Waals surface area (Å²) in [5.74, 6) is -1.12. The van der Waals surface area contributed by atoms with Gasteiger partial charge >= 0.3 is 5.97 Å². The number of esters is 1. The molecule has 0 unspecified atom stereocenters. The van der Waals surface area contributed by atoms with Crippen molar-refractivity contribution in [3.05, 3.63) is 112 Å². The van der Waals surface area contributed by atoms with Gasteiger partial charge in [-0.3, -0.25) is 9.59 Å². The first kappa shape index (κ1) is 19.3. The van der Waals surface area contributed by atoms with Crippen LogP contribution in [0.25, 0.3) is 10.8 Å². The van der Waals surface area contributed by atoms with Crippen molar-refractivity contribution < 1.29 is 14.3 Å².